The van der Waals surface area contributed by atoms with Crippen LogP contribution in [0.15, 0.2) is 30.7 Å². The van der Waals surface area contributed by atoms with Crippen LogP contribution in [0.2, 0.25) is 0 Å². The number of methoxy groups -OCH3 is 1. The second-order valence-corrected chi connectivity index (χ2v) is 8.42. The van der Waals surface area contributed by atoms with Crippen molar-refractivity contribution in [3.05, 3.63) is 36.4 Å². The zero-order chi connectivity index (χ0) is 20.7. The summed E-state index contributed by atoms with van der Waals surface area (Å²) in [4.78, 5) is 23.7. The Hall–Kier alpha value is -3.16. The van der Waals surface area contributed by atoms with Crippen LogP contribution in [-0.2, 0) is 7.05 Å². The van der Waals surface area contributed by atoms with Gasteiger partial charge < -0.3 is 15.0 Å². The highest BCUT2D eigenvalue weighted by Gasteiger charge is 2.30. The molecule has 1 aliphatic heterocycles. The first-order valence-corrected chi connectivity index (χ1v) is 10.5. The first-order valence-electron chi connectivity index (χ1n) is 10.5. The molecule has 1 amide bonds. The smallest absolute Gasteiger partial charge is 0.275 e. The van der Waals surface area contributed by atoms with E-state index in [4.69, 9.17) is 4.74 Å². The van der Waals surface area contributed by atoms with Crippen molar-refractivity contribution in [3.8, 4) is 5.75 Å². The zero-order valence-electron chi connectivity index (χ0n) is 17.3. The quantitative estimate of drug-likeness (QED) is 0.648. The Balaban J connectivity index is 1.23. The predicted octanol–water partition coefficient (Wildman–Crippen LogP) is 3.25. The lowest BCUT2D eigenvalue weighted by molar-refractivity contribution is 0.102. The fourth-order valence-electron chi connectivity index (χ4n) is 4.05. The summed E-state index contributed by atoms with van der Waals surface area (Å²) in [6.07, 6.45) is 10.7. The van der Waals surface area contributed by atoms with Crippen LogP contribution < -0.4 is 15.0 Å². The molecule has 0 atom stereocenters. The van der Waals surface area contributed by atoms with Crippen molar-refractivity contribution in [1.29, 1.82) is 0 Å². The summed E-state index contributed by atoms with van der Waals surface area (Å²) in [6, 6.07) is 3.66. The van der Waals surface area contributed by atoms with Gasteiger partial charge in [-0.1, -0.05) is 19.3 Å². The molecule has 0 radical (unpaired) electrons. The number of carbonyl (C=O) groups excluding carboxylic acids is 1. The summed E-state index contributed by atoms with van der Waals surface area (Å²) >= 11 is 0. The van der Waals surface area contributed by atoms with Crippen LogP contribution in [-0.4, -0.2) is 45.9 Å². The Bertz CT molecular complexity index is 1070. The van der Waals surface area contributed by atoms with Gasteiger partial charge in [-0.15, -0.1) is 0 Å². The highest BCUT2D eigenvalue weighted by atomic mass is 16.5. The molecule has 0 spiro atoms. The molecule has 0 unspecified atom stereocenters. The number of fused-ring (bicyclic) bond motifs is 1. The van der Waals surface area contributed by atoms with Gasteiger partial charge in [0.1, 0.15) is 17.3 Å². The van der Waals surface area contributed by atoms with Crippen molar-refractivity contribution >= 4 is 28.3 Å². The molecule has 2 aliphatic rings. The van der Waals surface area contributed by atoms with E-state index in [9.17, 15) is 4.79 Å². The number of hydrogen-bond donors (Lipinski definition) is 1. The lowest BCUT2D eigenvalue weighted by atomic mass is 9.93. The molecule has 156 valence electrons. The van der Waals surface area contributed by atoms with Crippen molar-refractivity contribution in [3.63, 3.8) is 0 Å². The van der Waals surface area contributed by atoms with Crippen LogP contribution in [0.4, 0.5) is 11.5 Å². The molecule has 3 heterocycles. The summed E-state index contributed by atoms with van der Waals surface area (Å²) in [5.41, 5.74) is 1.66. The highest BCUT2D eigenvalue weighted by Crippen LogP contribution is 2.36. The fraction of sp³-hybridized carbons (Fsp3) is 0.455. The lowest BCUT2D eigenvalue weighted by Crippen LogP contribution is -2.47. The van der Waals surface area contributed by atoms with E-state index in [1.807, 2.05) is 25.4 Å². The van der Waals surface area contributed by atoms with Crippen molar-refractivity contribution < 1.29 is 9.53 Å². The highest BCUT2D eigenvalue weighted by molar-refractivity contribution is 6.04. The molecule has 8 heteroatoms. The number of nitrogens with zero attached hydrogens (tertiary/aromatic N) is 5. The Kier molecular flexibility index (Phi) is 4.77. The fourth-order valence-corrected chi connectivity index (χ4v) is 4.05. The Morgan fingerprint density at radius 3 is 2.67 bits per heavy atom. The summed E-state index contributed by atoms with van der Waals surface area (Å²) in [7, 11) is 3.43. The minimum absolute atomic E-state index is 0.276. The van der Waals surface area contributed by atoms with E-state index in [1.165, 1.54) is 31.9 Å². The number of benzene rings is 1. The SMILES string of the molecule is COc1cc2nn(C)cc2cc1NC(=O)c1cnc(N2CC(CCC3CC3)C2)cn1. The van der Waals surface area contributed by atoms with E-state index in [2.05, 4.69) is 25.3 Å². The van der Waals surface area contributed by atoms with Gasteiger partial charge in [0.2, 0.25) is 0 Å². The number of hydrogen-bond acceptors (Lipinski definition) is 6. The number of amides is 1. The zero-order valence-corrected chi connectivity index (χ0v) is 17.3. The van der Waals surface area contributed by atoms with Crippen LogP contribution in [0, 0.1) is 11.8 Å². The molecule has 5 rings (SSSR count). The van der Waals surface area contributed by atoms with E-state index in [-0.39, 0.29) is 11.6 Å². The molecule has 8 nitrogen and oxygen atoms in total. The molecular formula is C22H26N6O2. The molecule has 3 aromatic rings. The van der Waals surface area contributed by atoms with Crippen LogP contribution in [0.3, 0.4) is 0 Å². The molecule has 1 N–H and O–H groups in total. The Morgan fingerprint density at radius 2 is 1.97 bits per heavy atom. The van der Waals surface area contributed by atoms with E-state index < -0.39 is 0 Å². The third kappa shape index (κ3) is 3.81. The predicted molar refractivity (Wildman–Crippen MR) is 115 cm³/mol. The number of aryl methyl sites for hydroxylation is 1. The molecule has 2 fully saturated rings. The number of nitrogens with one attached hydrogen (secondary N) is 1. The summed E-state index contributed by atoms with van der Waals surface area (Å²) < 4.78 is 7.14. The maximum absolute atomic E-state index is 12.7. The Labute approximate surface area is 175 Å². The average molecular weight is 406 g/mol. The molecular weight excluding hydrogens is 380 g/mol. The summed E-state index contributed by atoms with van der Waals surface area (Å²) in [5, 5.41) is 8.16. The van der Waals surface area contributed by atoms with Gasteiger partial charge in [0.25, 0.3) is 5.91 Å². The molecule has 0 bridgehead atoms. The second kappa shape index (κ2) is 7.59. The van der Waals surface area contributed by atoms with Gasteiger partial charge in [0, 0.05) is 37.8 Å². The molecule has 1 aromatic carbocycles. The topological polar surface area (TPSA) is 85.2 Å². The largest absolute Gasteiger partial charge is 0.494 e. The van der Waals surface area contributed by atoms with Gasteiger partial charge in [-0.2, -0.15) is 5.10 Å². The van der Waals surface area contributed by atoms with Gasteiger partial charge >= 0.3 is 0 Å². The summed E-state index contributed by atoms with van der Waals surface area (Å²) in [6.45, 7) is 2.07. The monoisotopic (exact) mass is 406 g/mol. The standard InChI is InChI=1S/C22H26N6O2/c1-27-13-16-7-18(20(30-2)8-17(16)26-27)25-22(29)19-9-24-21(10-23-19)28-11-15(12-28)6-5-14-3-4-14/h7-10,13-15H,3-6,11-12H2,1-2H3,(H,25,29). The number of rotatable bonds is 7. The van der Waals surface area contributed by atoms with Gasteiger partial charge in [0.05, 0.1) is 30.7 Å². The third-order valence-electron chi connectivity index (χ3n) is 6.02. The van der Waals surface area contributed by atoms with Crippen molar-refractivity contribution in [1.82, 2.24) is 19.7 Å². The third-order valence-corrected chi connectivity index (χ3v) is 6.02. The van der Waals surface area contributed by atoms with Gasteiger partial charge in [-0.3, -0.25) is 9.48 Å². The maximum atomic E-state index is 12.7. The molecule has 1 saturated carbocycles. The first kappa shape index (κ1) is 18.8. The second-order valence-electron chi connectivity index (χ2n) is 8.42. The minimum Gasteiger partial charge on any atom is -0.494 e. The van der Waals surface area contributed by atoms with Crippen LogP contribution >= 0.6 is 0 Å². The molecule has 2 aromatic heterocycles. The lowest BCUT2D eigenvalue weighted by Gasteiger charge is -2.40. The number of ether oxygens (including phenoxy) is 1. The number of aromatic nitrogens is 4. The van der Waals surface area contributed by atoms with E-state index in [0.29, 0.717) is 11.4 Å². The number of anilines is 2. The number of carbonyl (C=O) groups is 1. The first-order chi connectivity index (χ1) is 14.6. The maximum Gasteiger partial charge on any atom is 0.275 e. The van der Waals surface area contributed by atoms with Crippen molar-refractivity contribution in [2.45, 2.75) is 25.7 Å². The Morgan fingerprint density at radius 1 is 1.17 bits per heavy atom. The normalized spacial score (nSPS) is 16.5. The van der Waals surface area contributed by atoms with Gasteiger partial charge in [-0.05, 0) is 24.3 Å². The van der Waals surface area contributed by atoms with Crippen LogP contribution in [0.25, 0.3) is 10.9 Å². The van der Waals surface area contributed by atoms with Gasteiger partial charge in [-0.25, -0.2) is 9.97 Å². The van der Waals surface area contributed by atoms with Crippen molar-refractivity contribution in [2.24, 2.45) is 18.9 Å². The molecule has 1 saturated heterocycles. The van der Waals surface area contributed by atoms with Crippen LogP contribution in [0.5, 0.6) is 5.75 Å². The van der Waals surface area contributed by atoms with Gasteiger partial charge in [0.15, 0.2) is 0 Å². The molecule has 30 heavy (non-hydrogen) atoms. The summed E-state index contributed by atoms with van der Waals surface area (Å²) in [5.74, 6) is 2.83. The average Bonchev–Trinajstić information content (AvgIpc) is 3.46. The van der Waals surface area contributed by atoms with Crippen molar-refractivity contribution in [2.75, 3.05) is 30.4 Å². The van der Waals surface area contributed by atoms with E-state index in [0.717, 1.165) is 41.6 Å². The van der Waals surface area contributed by atoms with E-state index >= 15 is 0 Å². The molecule has 1 aliphatic carbocycles. The van der Waals surface area contributed by atoms with Crippen LogP contribution in [0.1, 0.15) is 36.2 Å². The van der Waals surface area contributed by atoms with E-state index in [1.54, 1.807) is 18.0 Å². The minimum atomic E-state index is -0.318.